The van der Waals surface area contributed by atoms with E-state index >= 15 is 0 Å². The minimum atomic E-state index is -0.407. The topological polar surface area (TPSA) is 106 Å². The number of esters is 1. The maximum absolute atomic E-state index is 12.7. The van der Waals surface area contributed by atoms with Crippen LogP contribution in [0.15, 0.2) is 35.3 Å². The molecule has 2 aliphatic heterocycles. The second-order valence-corrected chi connectivity index (χ2v) is 11.5. The second kappa shape index (κ2) is 13.2. The number of aromatic nitrogens is 3. The van der Waals surface area contributed by atoms with E-state index in [1.54, 1.807) is 11.6 Å². The average Bonchev–Trinajstić information content (AvgIpc) is 3.59. The van der Waals surface area contributed by atoms with E-state index in [2.05, 4.69) is 9.88 Å². The Morgan fingerprint density at radius 2 is 1.93 bits per heavy atom. The number of benzene rings is 1. The van der Waals surface area contributed by atoms with Crippen molar-refractivity contribution in [1.29, 1.82) is 0 Å². The third-order valence-electron chi connectivity index (χ3n) is 7.95. The van der Waals surface area contributed by atoms with Crippen molar-refractivity contribution in [1.82, 2.24) is 19.4 Å². The minimum Gasteiger partial charge on any atom is -0.492 e. The zero-order chi connectivity index (χ0) is 28.9. The third kappa shape index (κ3) is 6.99. The van der Waals surface area contributed by atoms with Gasteiger partial charge >= 0.3 is 5.97 Å². The molecule has 10 heteroatoms. The zero-order valence-corrected chi connectivity index (χ0v) is 24.6. The summed E-state index contributed by atoms with van der Waals surface area (Å²) in [4.78, 5) is 30.1. The third-order valence-corrected chi connectivity index (χ3v) is 7.95. The molecule has 222 valence electrons. The van der Waals surface area contributed by atoms with Crippen LogP contribution in [-0.2, 0) is 32.6 Å². The number of carbonyl (C=O) groups is 1. The van der Waals surface area contributed by atoms with Crippen LogP contribution in [0, 0.1) is 18.8 Å². The number of ether oxygens (including phenoxy) is 4. The van der Waals surface area contributed by atoms with Crippen molar-refractivity contribution in [2.75, 3.05) is 39.6 Å². The van der Waals surface area contributed by atoms with E-state index in [-0.39, 0.29) is 23.6 Å². The van der Waals surface area contributed by atoms with Crippen molar-refractivity contribution in [2.45, 2.75) is 58.7 Å². The van der Waals surface area contributed by atoms with Crippen molar-refractivity contribution in [2.24, 2.45) is 18.9 Å². The monoisotopic (exact) mass is 566 g/mol. The van der Waals surface area contributed by atoms with Crippen LogP contribution in [0.1, 0.15) is 38.7 Å². The highest BCUT2D eigenvalue weighted by Crippen LogP contribution is 2.30. The van der Waals surface area contributed by atoms with Crippen molar-refractivity contribution >= 4 is 17.0 Å². The number of nitrogens with zero attached hydrogens (tertiary/aromatic N) is 3. The summed E-state index contributed by atoms with van der Waals surface area (Å²) < 4.78 is 26.6. The molecule has 4 heterocycles. The van der Waals surface area contributed by atoms with E-state index in [1.807, 2.05) is 51.2 Å². The summed E-state index contributed by atoms with van der Waals surface area (Å²) >= 11 is 0. The minimum absolute atomic E-state index is 0.00865. The summed E-state index contributed by atoms with van der Waals surface area (Å²) in [6, 6.07) is 7.46. The summed E-state index contributed by atoms with van der Waals surface area (Å²) in [5.74, 6) is 1.90. The second-order valence-electron chi connectivity index (χ2n) is 11.5. The van der Waals surface area contributed by atoms with Gasteiger partial charge in [0.1, 0.15) is 30.3 Å². The molecule has 2 fully saturated rings. The standard InChI is InChI=1S/C31H42N4O6/c1-20(2)28(31(37)41-25-9-13-39-19-25)32-10-14-40-24-5-6-26-27(16-24)35(17-22-7-11-38-12-8-22)29(33-26)23-15-21(3)30(36)34(4)18-23/h5-6,15-16,18,20,22,25,28,32H,7-14,17,19H2,1-4H3. The number of nitrogens with one attached hydrogen (secondary N) is 1. The fourth-order valence-electron chi connectivity index (χ4n) is 5.60. The van der Waals surface area contributed by atoms with Crippen LogP contribution in [0.5, 0.6) is 5.75 Å². The van der Waals surface area contributed by atoms with E-state index in [0.29, 0.717) is 37.8 Å². The quantitative estimate of drug-likeness (QED) is 0.278. The van der Waals surface area contributed by atoms with Crippen LogP contribution >= 0.6 is 0 Å². The molecule has 0 bridgehead atoms. The number of imidazole rings is 1. The lowest BCUT2D eigenvalue weighted by molar-refractivity contribution is -0.152. The first kappa shape index (κ1) is 29.3. The lowest BCUT2D eigenvalue weighted by atomic mass is 10.00. The number of pyridine rings is 1. The molecule has 2 saturated heterocycles. The van der Waals surface area contributed by atoms with Crippen molar-refractivity contribution in [3.8, 4) is 17.1 Å². The van der Waals surface area contributed by atoms with Crippen LogP contribution in [0.2, 0.25) is 0 Å². The fourth-order valence-corrected chi connectivity index (χ4v) is 5.60. The van der Waals surface area contributed by atoms with Gasteiger partial charge in [0, 0.05) is 63.2 Å². The molecule has 2 atom stereocenters. The Balaban J connectivity index is 1.32. The Kier molecular flexibility index (Phi) is 9.42. The first-order valence-corrected chi connectivity index (χ1v) is 14.7. The highest BCUT2D eigenvalue weighted by Gasteiger charge is 2.28. The number of carbonyl (C=O) groups excluding carboxylic acids is 1. The predicted octanol–water partition coefficient (Wildman–Crippen LogP) is 3.46. The molecule has 41 heavy (non-hydrogen) atoms. The Morgan fingerprint density at radius 3 is 2.63 bits per heavy atom. The average molecular weight is 567 g/mol. The lowest BCUT2D eigenvalue weighted by Crippen LogP contribution is -2.45. The van der Waals surface area contributed by atoms with Crippen LogP contribution < -0.4 is 15.6 Å². The molecule has 0 radical (unpaired) electrons. The van der Waals surface area contributed by atoms with Crippen LogP contribution in [0.4, 0.5) is 0 Å². The Hall–Kier alpha value is -3.21. The summed E-state index contributed by atoms with van der Waals surface area (Å²) in [6.45, 7) is 10.2. The number of hydrogen-bond donors (Lipinski definition) is 1. The van der Waals surface area contributed by atoms with Crippen LogP contribution in [-0.4, -0.2) is 71.8 Å². The van der Waals surface area contributed by atoms with Crippen LogP contribution in [0.3, 0.4) is 0 Å². The SMILES string of the molecule is Cc1cc(-c2nc3ccc(OCCNC(C(=O)OC4CCOC4)C(C)C)cc3n2CC2CCOCC2)cn(C)c1=O. The van der Waals surface area contributed by atoms with Gasteiger partial charge in [0.05, 0.1) is 24.2 Å². The van der Waals surface area contributed by atoms with Crippen molar-refractivity contribution < 1.29 is 23.7 Å². The maximum Gasteiger partial charge on any atom is 0.323 e. The molecule has 0 amide bonds. The van der Waals surface area contributed by atoms with E-state index in [1.165, 1.54) is 0 Å². The maximum atomic E-state index is 12.7. The molecule has 2 aromatic heterocycles. The van der Waals surface area contributed by atoms with Gasteiger partial charge in [-0.05, 0) is 49.8 Å². The normalized spacial score (nSPS) is 18.7. The van der Waals surface area contributed by atoms with Gasteiger partial charge in [0.2, 0.25) is 0 Å². The van der Waals surface area contributed by atoms with Crippen molar-refractivity contribution in [3.63, 3.8) is 0 Å². The van der Waals surface area contributed by atoms with Gasteiger partial charge in [-0.25, -0.2) is 4.98 Å². The van der Waals surface area contributed by atoms with Gasteiger partial charge in [-0.2, -0.15) is 0 Å². The lowest BCUT2D eigenvalue weighted by Gasteiger charge is -2.24. The first-order valence-electron chi connectivity index (χ1n) is 14.7. The van der Waals surface area contributed by atoms with Gasteiger partial charge in [-0.3, -0.25) is 9.59 Å². The molecule has 0 spiro atoms. The van der Waals surface area contributed by atoms with Gasteiger partial charge in [-0.1, -0.05) is 13.8 Å². The van der Waals surface area contributed by atoms with E-state index in [4.69, 9.17) is 23.9 Å². The summed E-state index contributed by atoms with van der Waals surface area (Å²) in [7, 11) is 1.77. The fraction of sp³-hybridized carbons (Fsp3) is 0.581. The molecule has 10 nitrogen and oxygen atoms in total. The Morgan fingerprint density at radius 1 is 1.15 bits per heavy atom. The molecular formula is C31H42N4O6. The molecule has 5 rings (SSSR count). The molecule has 1 aromatic carbocycles. The molecule has 1 N–H and O–H groups in total. The Bertz CT molecular complexity index is 1380. The largest absolute Gasteiger partial charge is 0.492 e. The van der Waals surface area contributed by atoms with Gasteiger partial charge in [-0.15, -0.1) is 0 Å². The highest BCUT2D eigenvalue weighted by molar-refractivity contribution is 5.82. The number of aryl methyl sites for hydroxylation is 2. The van der Waals surface area contributed by atoms with Gasteiger partial charge in [0.25, 0.3) is 5.56 Å². The molecule has 2 aliphatic rings. The summed E-state index contributed by atoms with van der Waals surface area (Å²) in [5.41, 5.74) is 3.46. The van der Waals surface area contributed by atoms with E-state index < -0.39 is 6.04 Å². The first-order chi connectivity index (χ1) is 19.8. The Labute approximate surface area is 240 Å². The number of fused-ring (bicyclic) bond motifs is 1. The molecule has 2 unspecified atom stereocenters. The van der Waals surface area contributed by atoms with Crippen molar-refractivity contribution in [3.05, 3.63) is 46.4 Å². The van der Waals surface area contributed by atoms with E-state index in [0.717, 1.165) is 67.2 Å². The van der Waals surface area contributed by atoms with Crippen LogP contribution in [0.25, 0.3) is 22.4 Å². The van der Waals surface area contributed by atoms with E-state index in [9.17, 15) is 9.59 Å². The molecule has 3 aromatic rings. The zero-order valence-electron chi connectivity index (χ0n) is 24.6. The molecule has 0 saturated carbocycles. The highest BCUT2D eigenvalue weighted by atomic mass is 16.6. The summed E-state index contributed by atoms with van der Waals surface area (Å²) in [5, 5.41) is 3.31. The number of rotatable bonds is 11. The van der Waals surface area contributed by atoms with Gasteiger partial charge in [0.15, 0.2) is 0 Å². The number of hydrogen-bond acceptors (Lipinski definition) is 8. The smallest absolute Gasteiger partial charge is 0.323 e. The predicted molar refractivity (Wildman–Crippen MR) is 156 cm³/mol. The van der Waals surface area contributed by atoms with Gasteiger partial charge < -0.3 is 33.4 Å². The summed E-state index contributed by atoms with van der Waals surface area (Å²) in [6.07, 6.45) is 4.45. The molecule has 0 aliphatic carbocycles. The molecular weight excluding hydrogens is 524 g/mol.